The first kappa shape index (κ1) is 14.9. The van der Waals surface area contributed by atoms with Crippen molar-refractivity contribution >= 4 is 0 Å². The van der Waals surface area contributed by atoms with Gasteiger partial charge in [0.15, 0.2) is 0 Å². The minimum Gasteiger partial charge on any atom is -0.377 e. The van der Waals surface area contributed by atoms with Gasteiger partial charge in [0, 0.05) is 12.1 Å². The SMILES string of the molecule is CC(CCNC(C)(C)C)OCCN1CCCC1. The maximum absolute atomic E-state index is 5.84. The van der Waals surface area contributed by atoms with Crippen molar-refractivity contribution in [3.8, 4) is 0 Å². The van der Waals surface area contributed by atoms with Gasteiger partial charge in [-0.25, -0.2) is 0 Å². The van der Waals surface area contributed by atoms with Crippen LogP contribution in [-0.2, 0) is 4.74 Å². The quantitative estimate of drug-likeness (QED) is 0.741. The number of ether oxygens (including phenoxy) is 1. The van der Waals surface area contributed by atoms with E-state index in [-0.39, 0.29) is 5.54 Å². The lowest BCUT2D eigenvalue weighted by atomic mass is 10.1. The molecule has 1 rings (SSSR count). The molecule has 1 fully saturated rings. The molecule has 0 amide bonds. The van der Waals surface area contributed by atoms with Gasteiger partial charge in [-0.2, -0.15) is 0 Å². The summed E-state index contributed by atoms with van der Waals surface area (Å²) in [6.45, 7) is 14.3. The molecule has 0 aromatic carbocycles. The van der Waals surface area contributed by atoms with Crippen LogP contribution in [0.15, 0.2) is 0 Å². The summed E-state index contributed by atoms with van der Waals surface area (Å²) in [7, 11) is 0. The van der Waals surface area contributed by atoms with E-state index >= 15 is 0 Å². The molecular weight excluding hydrogens is 212 g/mol. The van der Waals surface area contributed by atoms with Crippen molar-refractivity contribution < 1.29 is 4.74 Å². The zero-order valence-electron chi connectivity index (χ0n) is 12.1. The molecule has 1 heterocycles. The van der Waals surface area contributed by atoms with Crippen molar-refractivity contribution in [2.45, 2.75) is 58.6 Å². The summed E-state index contributed by atoms with van der Waals surface area (Å²) in [6.07, 6.45) is 4.19. The Morgan fingerprint density at radius 2 is 1.88 bits per heavy atom. The van der Waals surface area contributed by atoms with Crippen LogP contribution in [0, 0.1) is 0 Å². The fourth-order valence-electron chi connectivity index (χ4n) is 2.12. The highest BCUT2D eigenvalue weighted by Gasteiger charge is 2.12. The number of nitrogens with one attached hydrogen (secondary N) is 1. The lowest BCUT2D eigenvalue weighted by Gasteiger charge is -2.22. The van der Waals surface area contributed by atoms with E-state index in [0.29, 0.717) is 6.10 Å². The predicted octanol–water partition coefficient (Wildman–Crippen LogP) is 2.27. The lowest BCUT2D eigenvalue weighted by molar-refractivity contribution is 0.0465. The molecule has 0 aromatic rings. The van der Waals surface area contributed by atoms with Crippen molar-refractivity contribution in [1.82, 2.24) is 10.2 Å². The average molecular weight is 242 g/mol. The molecular formula is C14H30N2O. The van der Waals surface area contributed by atoms with E-state index in [2.05, 4.69) is 37.9 Å². The van der Waals surface area contributed by atoms with Gasteiger partial charge < -0.3 is 15.0 Å². The molecule has 1 N–H and O–H groups in total. The molecule has 1 saturated heterocycles. The Labute approximate surface area is 107 Å². The Hall–Kier alpha value is -0.120. The summed E-state index contributed by atoms with van der Waals surface area (Å²) < 4.78 is 5.84. The first-order chi connectivity index (χ1) is 7.97. The van der Waals surface area contributed by atoms with Gasteiger partial charge in [-0.05, 0) is 66.6 Å². The normalized spacial score (nSPS) is 19.8. The third-order valence-electron chi connectivity index (χ3n) is 3.21. The summed E-state index contributed by atoms with van der Waals surface area (Å²) in [5.74, 6) is 0. The number of nitrogens with zero attached hydrogens (tertiary/aromatic N) is 1. The van der Waals surface area contributed by atoms with Gasteiger partial charge in [0.2, 0.25) is 0 Å². The molecule has 1 aliphatic rings. The second-order valence-electron chi connectivity index (χ2n) is 6.20. The molecule has 0 aliphatic carbocycles. The van der Waals surface area contributed by atoms with Crippen molar-refractivity contribution in [3.05, 3.63) is 0 Å². The van der Waals surface area contributed by atoms with E-state index in [4.69, 9.17) is 4.74 Å². The first-order valence-electron chi connectivity index (χ1n) is 7.06. The van der Waals surface area contributed by atoms with Crippen LogP contribution in [0.2, 0.25) is 0 Å². The van der Waals surface area contributed by atoms with Gasteiger partial charge in [0.25, 0.3) is 0 Å². The van der Waals surface area contributed by atoms with Gasteiger partial charge in [-0.1, -0.05) is 0 Å². The summed E-state index contributed by atoms with van der Waals surface area (Å²) in [5, 5.41) is 3.49. The molecule has 0 bridgehead atoms. The van der Waals surface area contributed by atoms with Crippen LogP contribution in [0.1, 0.15) is 47.0 Å². The molecule has 1 aliphatic heterocycles. The highest BCUT2D eigenvalue weighted by molar-refractivity contribution is 4.71. The molecule has 0 spiro atoms. The van der Waals surface area contributed by atoms with Crippen molar-refractivity contribution in [2.75, 3.05) is 32.8 Å². The van der Waals surface area contributed by atoms with Crippen LogP contribution in [0.4, 0.5) is 0 Å². The van der Waals surface area contributed by atoms with E-state index in [1.54, 1.807) is 0 Å². The Morgan fingerprint density at radius 1 is 1.24 bits per heavy atom. The smallest absolute Gasteiger partial charge is 0.0597 e. The monoisotopic (exact) mass is 242 g/mol. The van der Waals surface area contributed by atoms with Crippen LogP contribution in [0.3, 0.4) is 0 Å². The minimum atomic E-state index is 0.218. The lowest BCUT2D eigenvalue weighted by Crippen LogP contribution is -2.37. The molecule has 3 nitrogen and oxygen atoms in total. The summed E-state index contributed by atoms with van der Waals surface area (Å²) >= 11 is 0. The zero-order chi connectivity index (χ0) is 12.7. The van der Waals surface area contributed by atoms with Gasteiger partial charge in [0.05, 0.1) is 12.7 Å². The fourth-order valence-corrected chi connectivity index (χ4v) is 2.12. The van der Waals surface area contributed by atoms with Gasteiger partial charge in [-0.3, -0.25) is 0 Å². The van der Waals surface area contributed by atoms with Crippen LogP contribution in [0.25, 0.3) is 0 Å². The largest absolute Gasteiger partial charge is 0.377 e. The Morgan fingerprint density at radius 3 is 2.47 bits per heavy atom. The predicted molar refractivity (Wildman–Crippen MR) is 73.5 cm³/mol. The maximum atomic E-state index is 5.84. The highest BCUT2D eigenvalue weighted by Crippen LogP contribution is 2.07. The van der Waals surface area contributed by atoms with E-state index < -0.39 is 0 Å². The van der Waals surface area contributed by atoms with Crippen molar-refractivity contribution in [3.63, 3.8) is 0 Å². The van der Waals surface area contributed by atoms with E-state index in [9.17, 15) is 0 Å². The molecule has 0 radical (unpaired) electrons. The van der Waals surface area contributed by atoms with E-state index in [1.807, 2.05) is 0 Å². The van der Waals surface area contributed by atoms with Crippen molar-refractivity contribution in [1.29, 1.82) is 0 Å². The standard InChI is InChI=1S/C14H30N2O/c1-13(7-8-15-14(2,3)4)17-12-11-16-9-5-6-10-16/h13,15H,5-12H2,1-4H3. The van der Waals surface area contributed by atoms with E-state index in [1.165, 1.54) is 25.9 Å². The highest BCUT2D eigenvalue weighted by atomic mass is 16.5. The fraction of sp³-hybridized carbons (Fsp3) is 1.00. The van der Waals surface area contributed by atoms with Gasteiger partial charge >= 0.3 is 0 Å². The third-order valence-corrected chi connectivity index (χ3v) is 3.21. The van der Waals surface area contributed by atoms with Gasteiger partial charge in [-0.15, -0.1) is 0 Å². The molecule has 102 valence electrons. The number of likely N-dealkylation sites (tertiary alicyclic amines) is 1. The molecule has 0 saturated carbocycles. The Kier molecular flexibility index (Phi) is 6.45. The second kappa shape index (κ2) is 7.34. The van der Waals surface area contributed by atoms with Crippen LogP contribution in [-0.4, -0.2) is 49.3 Å². The topological polar surface area (TPSA) is 24.5 Å². The number of rotatable bonds is 7. The first-order valence-corrected chi connectivity index (χ1v) is 7.06. The molecule has 0 aromatic heterocycles. The maximum Gasteiger partial charge on any atom is 0.0597 e. The minimum absolute atomic E-state index is 0.218. The number of hydrogen-bond acceptors (Lipinski definition) is 3. The zero-order valence-corrected chi connectivity index (χ0v) is 12.1. The van der Waals surface area contributed by atoms with Crippen molar-refractivity contribution in [2.24, 2.45) is 0 Å². The average Bonchev–Trinajstić information content (AvgIpc) is 2.68. The molecule has 17 heavy (non-hydrogen) atoms. The Bertz CT molecular complexity index is 195. The second-order valence-corrected chi connectivity index (χ2v) is 6.20. The molecule has 1 unspecified atom stereocenters. The van der Waals surface area contributed by atoms with E-state index in [0.717, 1.165) is 26.1 Å². The van der Waals surface area contributed by atoms with Crippen LogP contribution in [0.5, 0.6) is 0 Å². The summed E-state index contributed by atoms with van der Waals surface area (Å²) in [4.78, 5) is 2.50. The molecule has 3 heteroatoms. The third kappa shape index (κ3) is 7.74. The Balaban J connectivity index is 1.95. The van der Waals surface area contributed by atoms with Crippen LogP contribution < -0.4 is 5.32 Å². The summed E-state index contributed by atoms with van der Waals surface area (Å²) in [6, 6.07) is 0. The summed E-state index contributed by atoms with van der Waals surface area (Å²) in [5.41, 5.74) is 0.218. The van der Waals surface area contributed by atoms with Gasteiger partial charge in [0.1, 0.15) is 0 Å². The van der Waals surface area contributed by atoms with Crippen LogP contribution >= 0.6 is 0 Å². The number of hydrogen-bond donors (Lipinski definition) is 1. The molecule has 1 atom stereocenters.